The van der Waals surface area contributed by atoms with Crippen LogP contribution in [0.4, 0.5) is 0 Å². The highest BCUT2D eigenvalue weighted by Crippen LogP contribution is 2.21. The number of methoxy groups -OCH3 is 1. The van der Waals surface area contributed by atoms with Crippen LogP contribution in [0.5, 0.6) is 5.75 Å². The second kappa shape index (κ2) is 5.74. The zero-order valence-corrected chi connectivity index (χ0v) is 12.4. The van der Waals surface area contributed by atoms with Crippen molar-refractivity contribution in [3.63, 3.8) is 0 Å². The van der Waals surface area contributed by atoms with Crippen LogP contribution in [0.15, 0.2) is 42.5 Å². The van der Waals surface area contributed by atoms with Gasteiger partial charge in [-0.05, 0) is 48.4 Å². The number of allylic oxidation sites excluding steroid dienone is 1. The maximum Gasteiger partial charge on any atom is 0.149 e. The molecule has 0 fully saturated rings. The van der Waals surface area contributed by atoms with E-state index in [1.807, 2.05) is 49.4 Å². The zero-order chi connectivity index (χ0) is 15.5. The molecule has 3 aromatic rings. The van der Waals surface area contributed by atoms with E-state index in [1.54, 1.807) is 13.2 Å². The number of imidazole rings is 1. The van der Waals surface area contributed by atoms with Gasteiger partial charge in [0.05, 0.1) is 23.7 Å². The van der Waals surface area contributed by atoms with Crippen LogP contribution >= 0.6 is 0 Å². The highest BCUT2D eigenvalue weighted by atomic mass is 16.5. The Kier molecular flexibility index (Phi) is 3.63. The minimum absolute atomic E-state index is 0.488. The fourth-order valence-corrected chi connectivity index (χ4v) is 2.30. The van der Waals surface area contributed by atoms with Gasteiger partial charge in [-0.25, -0.2) is 4.98 Å². The van der Waals surface area contributed by atoms with E-state index >= 15 is 0 Å². The number of aryl methyl sites for hydroxylation is 1. The number of fused-ring (bicyclic) bond motifs is 1. The third kappa shape index (κ3) is 2.70. The molecule has 0 aliphatic heterocycles. The molecule has 108 valence electrons. The van der Waals surface area contributed by atoms with Gasteiger partial charge in [-0.15, -0.1) is 0 Å². The fourth-order valence-electron chi connectivity index (χ4n) is 2.30. The first-order valence-electron chi connectivity index (χ1n) is 6.92. The zero-order valence-electron chi connectivity index (χ0n) is 12.4. The van der Waals surface area contributed by atoms with E-state index in [4.69, 9.17) is 4.74 Å². The molecule has 0 saturated heterocycles. The predicted molar refractivity (Wildman–Crippen MR) is 87.3 cm³/mol. The third-order valence-electron chi connectivity index (χ3n) is 3.42. The van der Waals surface area contributed by atoms with Crippen LogP contribution in [-0.2, 0) is 0 Å². The lowest BCUT2D eigenvalue weighted by Crippen LogP contribution is -1.86. The Hall–Kier alpha value is -3.06. The molecule has 0 aliphatic rings. The third-order valence-corrected chi connectivity index (χ3v) is 3.42. The van der Waals surface area contributed by atoms with E-state index in [2.05, 4.69) is 16.0 Å². The van der Waals surface area contributed by atoms with Gasteiger partial charge in [0.25, 0.3) is 0 Å². The van der Waals surface area contributed by atoms with Gasteiger partial charge >= 0.3 is 0 Å². The molecule has 4 nitrogen and oxygen atoms in total. The molecular weight excluding hydrogens is 274 g/mol. The molecule has 1 heterocycles. The molecule has 1 aromatic heterocycles. The maximum absolute atomic E-state index is 9.44. The van der Waals surface area contributed by atoms with Gasteiger partial charge in [0.2, 0.25) is 0 Å². The van der Waals surface area contributed by atoms with Gasteiger partial charge in [0, 0.05) is 0 Å². The van der Waals surface area contributed by atoms with Crippen molar-refractivity contribution in [1.29, 1.82) is 5.26 Å². The summed E-state index contributed by atoms with van der Waals surface area (Å²) in [6, 6.07) is 15.7. The number of hydrogen-bond donors (Lipinski definition) is 1. The van der Waals surface area contributed by atoms with Crippen molar-refractivity contribution in [3.05, 3.63) is 59.4 Å². The number of aromatic amines is 1. The SMILES string of the molecule is COc1cccc(/C=C(\C#N)c2nc3ccc(C)cc3[nH]2)c1. The van der Waals surface area contributed by atoms with Crippen LogP contribution < -0.4 is 4.74 Å². The van der Waals surface area contributed by atoms with Gasteiger partial charge in [0.1, 0.15) is 17.6 Å². The van der Waals surface area contributed by atoms with Crippen molar-refractivity contribution in [2.24, 2.45) is 0 Å². The Morgan fingerprint density at radius 2 is 2.14 bits per heavy atom. The number of hydrogen-bond acceptors (Lipinski definition) is 3. The molecule has 0 radical (unpaired) electrons. The lowest BCUT2D eigenvalue weighted by Gasteiger charge is -2.00. The van der Waals surface area contributed by atoms with Crippen LogP contribution in [0.3, 0.4) is 0 Å². The number of benzene rings is 2. The van der Waals surface area contributed by atoms with Crippen molar-refractivity contribution < 1.29 is 4.74 Å². The summed E-state index contributed by atoms with van der Waals surface area (Å²) in [6.07, 6.45) is 1.80. The molecular formula is C18H15N3O. The number of rotatable bonds is 3. The Bertz CT molecular complexity index is 900. The largest absolute Gasteiger partial charge is 0.497 e. The van der Waals surface area contributed by atoms with E-state index in [-0.39, 0.29) is 0 Å². The summed E-state index contributed by atoms with van der Waals surface area (Å²) in [5, 5.41) is 9.44. The highest BCUT2D eigenvalue weighted by molar-refractivity contribution is 5.90. The number of nitrogens with one attached hydrogen (secondary N) is 1. The molecule has 0 aliphatic carbocycles. The van der Waals surface area contributed by atoms with Gasteiger partial charge < -0.3 is 9.72 Å². The summed E-state index contributed by atoms with van der Waals surface area (Å²) in [5.41, 5.74) is 4.32. The fraction of sp³-hybridized carbons (Fsp3) is 0.111. The molecule has 0 atom stereocenters. The van der Waals surface area contributed by atoms with Crippen LogP contribution in [0, 0.1) is 18.3 Å². The first kappa shape index (κ1) is 13.9. The Labute approximate surface area is 128 Å². The van der Waals surface area contributed by atoms with Crippen molar-refractivity contribution in [1.82, 2.24) is 9.97 Å². The van der Waals surface area contributed by atoms with E-state index in [9.17, 15) is 5.26 Å². The van der Waals surface area contributed by atoms with Gasteiger partial charge in [-0.2, -0.15) is 5.26 Å². The van der Waals surface area contributed by atoms with Gasteiger partial charge in [0.15, 0.2) is 0 Å². The van der Waals surface area contributed by atoms with Crippen molar-refractivity contribution in [2.45, 2.75) is 6.92 Å². The molecule has 3 rings (SSSR count). The summed E-state index contributed by atoms with van der Waals surface area (Å²) < 4.78 is 5.20. The van der Waals surface area contributed by atoms with E-state index in [0.29, 0.717) is 11.4 Å². The van der Waals surface area contributed by atoms with Crippen LogP contribution in [0.1, 0.15) is 17.0 Å². The molecule has 0 amide bonds. The van der Waals surface area contributed by atoms with E-state index in [0.717, 1.165) is 27.9 Å². The standard InChI is InChI=1S/C18H15N3O/c1-12-6-7-16-17(8-12)21-18(20-16)14(11-19)9-13-4-3-5-15(10-13)22-2/h3-10H,1-2H3,(H,20,21)/b14-9+. The van der Waals surface area contributed by atoms with Crippen molar-refractivity contribution >= 4 is 22.7 Å². The van der Waals surface area contributed by atoms with Crippen LogP contribution in [-0.4, -0.2) is 17.1 Å². The number of aromatic nitrogens is 2. The Morgan fingerprint density at radius 1 is 1.27 bits per heavy atom. The number of nitriles is 1. The maximum atomic E-state index is 9.44. The summed E-state index contributed by atoms with van der Waals surface area (Å²) in [6.45, 7) is 2.03. The predicted octanol–water partition coefficient (Wildman–Crippen LogP) is 3.94. The molecule has 4 heteroatoms. The normalized spacial score (nSPS) is 11.4. The smallest absolute Gasteiger partial charge is 0.149 e. The molecule has 2 aromatic carbocycles. The van der Waals surface area contributed by atoms with Crippen LogP contribution in [0.2, 0.25) is 0 Å². The van der Waals surface area contributed by atoms with E-state index < -0.39 is 0 Å². The second-order valence-corrected chi connectivity index (χ2v) is 5.05. The number of ether oxygens (including phenoxy) is 1. The highest BCUT2D eigenvalue weighted by Gasteiger charge is 2.08. The summed E-state index contributed by atoms with van der Waals surface area (Å²) >= 11 is 0. The Balaban J connectivity index is 2.05. The van der Waals surface area contributed by atoms with Crippen LogP contribution in [0.25, 0.3) is 22.7 Å². The quantitative estimate of drug-likeness (QED) is 0.743. The molecule has 1 N–H and O–H groups in total. The number of H-pyrrole nitrogens is 1. The topological polar surface area (TPSA) is 61.7 Å². The molecule has 0 bridgehead atoms. The average molecular weight is 289 g/mol. The molecule has 22 heavy (non-hydrogen) atoms. The van der Waals surface area contributed by atoms with E-state index in [1.165, 1.54) is 0 Å². The first-order valence-corrected chi connectivity index (χ1v) is 6.92. The van der Waals surface area contributed by atoms with Gasteiger partial charge in [-0.3, -0.25) is 0 Å². The lowest BCUT2D eigenvalue weighted by molar-refractivity contribution is 0.414. The lowest BCUT2D eigenvalue weighted by atomic mass is 10.1. The first-order chi connectivity index (χ1) is 10.7. The Morgan fingerprint density at radius 3 is 2.91 bits per heavy atom. The summed E-state index contributed by atoms with van der Waals surface area (Å²) in [4.78, 5) is 7.69. The molecule has 0 spiro atoms. The minimum Gasteiger partial charge on any atom is -0.497 e. The van der Waals surface area contributed by atoms with Gasteiger partial charge in [-0.1, -0.05) is 18.2 Å². The number of nitrogens with zero attached hydrogens (tertiary/aromatic N) is 2. The average Bonchev–Trinajstić information content (AvgIpc) is 2.95. The van der Waals surface area contributed by atoms with Crippen molar-refractivity contribution in [2.75, 3.05) is 7.11 Å². The molecule has 0 unspecified atom stereocenters. The minimum atomic E-state index is 0.488. The monoisotopic (exact) mass is 289 g/mol. The van der Waals surface area contributed by atoms with Crippen molar-refractivity contribution in [3.8, 4) is 11.8 Å². The second-order valence-electron chi connectivity index (χ2n) is 5.05. The molecule has 0 saturated carbocycles. The summed E-state index contributed by atoms with van der Waals surface area (Å²) in [7, 11) is 1.62. The summed E-state index contributed by atoms with van der Waals surface area (Å²) in [5.74, 6) is 1.33.